The Balaban J connectivity index is 1.61. The third-order valence-electron chi connectivity index (χ3n) is 5.94. The first-order valence-electron chi connectivity index (χ1n) is 9.98. The second-order valence-corrected chi connectivity index (χ2v) is 8.70. The molecule has 2 unspecified atom stereocenters. The summed E-state index contributed by atoms with van der Waals surface area (Å²) in [6, 6.07) is 10.4. The molecule has 1 aromatic carbocycles. The summed E-state index contributed by atoms with van der Waals surface area (Å²) in [4.78, 5) is 27.7. The molecule has 1 saturated carbocycles. The smallest absolute Gasteiger partial charge is 0.250 e. The second-order valence-electron chi connectivity index (χ2n) is 7.94. The van der Waals surface area contributed by atoms with Crippen molar-refractivity contribution in [3.63, 3.8) is 0 Å². The number of rotatable bonds is 5. The van der Waals surface area contributed by atoms with Crippen LogP contribution in [0.4, 0.5) is 0 Å². The zero-order valence-corrected chi connectivity index (χ0v) is 17.8. The van der Waals surface area contributed by atoms with Crippen molar-refractivity contribution in [3.8, 4) is 0 Å². The van der Waals surface area contributed by atoms with E-state index in [4.69, 9.17) is 23.2 Å². The van der Waals surface area contributed by atoms with Crippen LogP contribution in [0, 0.1) is 12.0 Å². The van der Waals surface area contributed by atoms with Gasteiger partial charge in [0.15, 0.2) is 0 Å². The van der Waals surface area contributed by atoms with E-state index in [0.29, 0.717) is 23.1 Å². The number of benzene rings is 1. The molecule has 4 rings (SSSR count). The largest absolute Gasteiger partial charge is 0.335 e. The van der Waals surface area contributed by atoms with Crippen LogP contribution in [0.15, 0.2) is 35.3 Å². The number of nitrogens with zero attached hydrogens (tertiary/aromatic N) is 2. The SMILES string of the molecule is Cn1ccc(C2CCNCC2C(=O)N(Cc2cc[c]c(Cl)c2Cl)C2CC2)cc1=O. The number of nitrogens with one attached hydrogen (secondary N) is 1. The van der Waals surface area contributed by atoms with Crippen LogP contribution in [0.2, 0.25) is 10.0 Å². The molecule has 1 aromatic heterocycles. The van der Waals surface area contributed by atoms with Crippen molar-refractivity contribution in [2.45, 2.75) is 37.8 Å². The zero-order valence-electron chi connectivity index (χ0n) is 16.3. The van der Waals surface area contributed by atoms with Gasteiger partial charge in [0.2, 0.25) is 5.91 Å². The lowest BCUT2D eigenvalue weighted by molar-refractivity contribution is -0.138. The molecule has 2 atom stereocenters. The first kappa shape index (κ1) is 20.5. The van der Waals surface area contributed by atoms with Gasteiger partial charge in [0.25, 0.3) is 5.56 Å². The van der Waals surface area contributed by atoms with Gasteiger partial charge >= 0.3 is 0 Å². The van der Waals surface area contributed by atoms with Gasteiger partial charge < -0.3 is 14.8 Å². The van der Waals surface area contributed by atoms with Gasteiger partial charge in [0.1, 0.15) is 0 Å². The van der Waals surface area contributed by atoms with E-state index in [9.17, 15) is 9.59 Å². The van der Waals surface area contributed by atoms with E-state index in [2.05, 4.69) is 11.4 Å². The average molecular weight is 433 g/mol. The predicted molar refractivity (Wildman–Crippen MR) is 114 cm³/mol. The van der Waals surface area contributed by atoms with Crippen molar-refractivity contribution in [3.05, 3.63) is 68.1 Å². The Morgan fingerprint density at radius 1 is 1.31 bits per heavy atom. The monoisotopic (exact) mass is 432 g/mol. The number of aryl methyl sites for hydroxylation is 1. The van der Waals surface area contributed by atoms with Gasteiger partial charge in [0, 0.05) is 44.5 Å². The Bertz CT molecular complexity index is 971. The van der Waals surface area contributed by atoms with Crippen molar-refractivity contribution in [2.75, 3.05) is 13.1 Å². The first-order chi connectivity index (χ1) is 14.0. The number of halogens is 2. The van der Waals surface area contributed by atoms with Crippen LogP contribution in [-0.2, 0) is 18.4 Å². The van der Waals surface area contributed by atoms with Crippen LogP contribution in [0.5, 0.6) is 0 Å². The van der Waals surface area contributed by atoms with Gasteiger partial charge in [-0.3, -0.25) is 9.59 Å². The van der Waals surface area contributed by atoms with E-state index in [0.717, 1.165) is 36.9 Å². The molecule has 2 aromatic rings. The maximum Gasteiger partial charge on any atom is 0.250 e. The van der Waals surface area contributed by atoms with E-state index in [-0.39, 0.29) is 29.3 Å². The second kappa shape index (κ2) is 8.50. The van der Waals surface area contributed by atoms with E-state index in [1.807, 2.05) is 17.0 Å². The molecular formula is C22H24Cl2N3O2. The highest BCUT2D eigenvalue weighted by molar-refractivity contribution is 6.42. The molecular weight excluding hydrogens is 409 g/mol. The summed E-state index contributed by atoms with van der Waals surface area (Å²) in [5.74, 6) is -0.0616. The molecule has 1 amide bonds. The van der Waals surface area contributed by atoms with Crippen LogP contribution in [0.25, 0.3) is 0 Å². The lowest BCUT2D eigenvalue weighted by Gasteiger charge is -2.36. The summed E-state index contributed by atoms with van der Waals surface area (Å²) in [5.41, 5.74) is 1.73. The highest BCUT2D eigenvalue weighted by atomic mass is 35.5. The summed E-state index contributed by atoms with van der Waals surface area (Å²) in [6.45, 7) is 1.89. The van der Waals surface area contributed by atoms with Crippen LogP contribution in [0.3, 0.4) is 0 Å². The molecule has 1 radical (unpaired) electrons. The van der Waals surface area contributed by atoms with E-state index in [1.54, 1.807) is 29.9 Å². The average Bonchev–Trinajstić information content (AvgIpc) is 3.56. The number of hydrogen-bond acceptors (Lipinski definition) is 3. The van der Waals surface area contributed by atoms with Gasteiger partial charge in [0.05, 0.1) is 16.0 Å². The fourth-order valence-corrected chi connectivity index (χ4v) is 4.46. The summed E-state index contributed by atoms with van der Waals surface area (Å²) in [6.07, 6.45) is 4.62. The number of hydrogen-bond donors (Lipinski definition) is 1. The van der Waals surface area contributed by atoms with E-state index < -0.39 is 0 Å². The quantitative estimate of drug-likeness (QED) is 0.787. The molecule has 2 heterocycles. The molecule has 29 heavy (non-hydrogen) atoms. The third-order valence-corrected chi connectivity index (χ3v) is 6.76. The molecule has 1 saturated heterocycles. The lowest BCUT2D eigenvalue weighted by atomic mass is 9.80. The molecule has 0 bridgehead atoms. The molecule has 1 aliphatic heterocycles. The zero-order chi connectivity index (χ0) is 20.5. The first-order valence-corrected chi connectivity index (χ1v) is 10.7. The van der Waals surface area contributed by atoms with Crippen molar-refractivity contribution in [1.29, 1.82) is 0 Å². The number of aromatic nitrogens is 1. The Hall–Kier alpha value is -1.82. The van der Waals surface area contributed by atoms with Crippen molar-refractivity contribution >= 4 is 29.1 Å². The number of piperidine rings is 1. The predicted octanol–water partition coefficient (Wildman–Crippen LogP) is 3.38. The highest BCUT2D eigenvalue weighted by Crippen LogP contribution is 2.37. The number of pyridine rings is 1. The molecule has 0 spiro atoms. The standard InChI is InChI=1S/C22H24Cl2N3O2/c1-26-10-8-14(11-20(26)28)17-7-9-25-12-18(17)22(29)27(16-5-6-16)13-15-3-2-4-19(23)21(15)24/h2-3,8,10-11,16-18,25H,5-7,9,12-13H2,1H3. The fraction of sp³-hybridized carbons (Fsp3) is 0.455. The summed E-state index contributed by atoms with van der Waals surface area (Å²) < 4.78 is 1.55. The van der Waals surface area contributed by atoms with Gasteiger partial charge in [-0.25, -0.2) is 0 Å². The number of carbonyl (C=O) groups excluding carboxylic acids is 1. The Morgan fingerprint density at radius 3 is 2.83 bits per heavy atom. The van der Waals surface area contributed by atoms with Gasteiger partial charge in [-0.05, 0) is 48.9 Å². The van der Waals surface area contributed by atoms with Crippen LogP contribution in [0.1, 0.15) is 36.3 Å². The van der Waals surface area contributed by atoms with Crippen molar-refractivity contribution < 1.29 is 4.79 Å². The van der Waals surface area contributed by atoms with Crippen LogP contribution >= 0.6 is 23.2 Å². The molecule has 1 N–H and O–H groups in total. The number of carbonyl (C=O) groups is 1. The summed E-state index contributed by atoms with van der Waals surface area (Å²) >= 11 is 12.5. The minimum atomic E-state index is -0.207. The topological polar surface area (TPSA) is 54.3 Å². The minimum Gasteiger partial charge on any atom is -0.335 e. The van der Waals surface area contributed by atoms with Crippen molar-refractivity contribution in [2.24, 2.45) is 13.0 Å². The van der Waals surface area contributed by atoms with Crippen LogP contribution < -0.4 is 10.9 Å². The Kier molecular flexibility index (Phi) is 6.00. The molecule has 153 valence electrons. The summed E-state index contributed by atoms with van der Waals surface area (Å²) in [7, 11) is 1.73. The molecule has 1 aliphatic carbocycles. The van der Waals surface area contributed by atoms with Crippen molar-refractivity contribution in [1.82, 2.24) is 14.8 Å². The van der Waals surface area contributed by atoms with Gasteiger partial charge in [-0.15, -0.1) is 0 Å². The number of amides is 1. The van der Waals surface area contributed by atoms with E-state index >= 15 is 0 Å². The lowest BCUT2D eigenvalue weighted by Crippen LogP contribution is -2.47. The Morgan fingerprint density at radius 2 is 2.10 bits per heavy atom. The summed E-state index contributed by atoms with van der Waals surface area (Å²) in [5, 5.41) is 4.19. The highest BCUT2D eigenvalue weighted by Gasteiger charge is 2.40. The van der Waals surface area contributed by atoms with Gasteiger partial charge in [-0.2, -0.15) is 0 Å². The Labute approximate surface area is 180 Å². The minimum absolute atomic E-state index is 0.0297. The normalized spacial score (nSPS) is 21.8. The van der Waals surface area contributed by atoms with Crippen LogP contribution in [-0.4, -0.2) is 34.5 Å². The molecule has 7 heteroatoms. The third kappa shape index (κ3) is 4.37. The molecule has 2 aliphatic rings. The molecule has 5 nitrogen and oxygen atoms in total. The maximum atomic E-state index is 13.6. The fourth-order valence-electron chi connectivity index (χ4n) is 4.10. The molecule has 2 fully saturated rings. The van der Waals surface area contributed by atoms with E-state index in [1.165, 1.54) is 0 Å². The van der Waals surface area contributed by atoms with Gasteiger partial charge in [-0.1, -0.05) is 35.3 Å². The maximum absolute atomic E-state index is 13.6.